The second-order valence-corrected chi connectivity index (χ2v) is 2.58. The molecule has 1 heterocycles. The number of nitrogens with zero attached hydrogens (tertiary/aromatic N) is 1. The van der Waals surface area contributed by atoms with Gasteiger partial charge in [0, 0.05) is 34.1 Å². The summed E-state index contributed by atoms with van der Waals surface area (Å²) in [6.07, 6.45) is 1.81. The van der Waals surface area contributed by atoms with Crippen LogP contribution in [0.3, 0.4) is 0 Å². The molecule has 2 heteroatoms. The summed E-state index contributed by atoms with van der Waals surface area (Å²) in [5.74, 6) is 0. The Morgan fingerprint density at radius 2 is 1.46 bits per heavy atom. The van der Waals surface area contributed by atoms with Gasteiger partial charge in [0.05, 0.1) is 5.69 Å². The van der Waals surface area contributed by atoms with E-state index >= 15 is 0 Å². The fraction of sp³-hybridized carbons (Fsp3) is 0. The van der Waals surface area contributed by atoms with Crippen LogP contribution in [0.1, 0.15) is 0 Å². The van der Waals surface area contributed by atoms with Gasteiger partial charge in [0.15, 0.2) is 0 Å². The number of hydrogen-bond donors (Lipinski definition) is 0. The molecule has 2 aromatic rings. The largest absolute Gasteiger partial charge is 0.256 e. The van der Waals surface area contributed by atoms with Crippen molar-refractivity contribution in [1.29, 1.82) is 0 Å². The van der Waals surface area contributed by atoms with Gasteiger partial charge in [-0.1, -0.05) is 36.4 Å². The van der Waals surface area contributed by atoms with Gasteiger partial charge in [0.25, 0.3) is 0 Å². The molecule has 1 nitrogen and oxygen atoms in total. The maximum absolute atomic E-state index is 4.25. The van der Waals surface area contributed by atoms with Crippen LogP contribution in [0.25, 0.3) is 11.3 Å². The Kier molecular flexibility index (Phi) is 3.90. The van der Waals surface area contributed by atoms with Crippen molar-refractivity contribution in [3.63, 3.8) is 0 Å². The van der Waals surface area contributed by atoms with Gasteiger partial charge in [-0.25, -0.2) is 0 Å². The van der Waals surface area contributed by atoms with Gasteiger partial charge in [-0.2, -0.15) is 0 Å². The Labute approximate surface area is 93.3 Å². The van der Waals surface area contributed by atoms with Gasteiger partial charge in [0.1, 0.15) is 0 Å². The summed E-state index contributed by atoms with van der Waals surface area (Å²) in [5.41, 5.74) is 2.19. The number of pyridine rings is 1. The van der Waals surface area contributed by atoms with Crippen molar-refractivity contribution >= 4 is 0 Å². The molecular weight excluding hydrogens is 343 g/mol. The summed E-state index contributed by atoms with van der Waals surface area (Å²) in [6, 6.07) is 16.1. The van der Waals surface area contributed by atoms with Crippen molar-refractivity contribution in [2.75, 3.05) is 0 Å². The first-order chi connectivity index (χ1) is 5.97. The minimum Gasteiger partial charge on any atom is -0.256 e. The summed E-state index contributed by atoms with van der Waals surface area (Å²) in [7, 11) is 0. The maximum atomic E-state index is 4.25. The first kappa shape index (κ1) is 10.2. The maximum Gasteiger partial charge on any atom is 0.0701 e. The molecule has 0 saturated carbocycles. The van der Waals surface area contributed by atoms with Gasteiger partial charge in [-0.05, 0) is 12.1 Å². The molecule has 0 fully saturated rings. The Morgan fingerprint density at radius 3 is 2.08 bits per heavy atom. The Hall–Kier alpha value is -0.890. The fourth-order valence-electron chi connectivity index (χ4n) is 1.14. The van der Waals surface area contributed by atoms with E-state index in [2.05, 4.69) is 17.1 Å². The second-order valence-electron chi connectivity index (χ2n) is 2.58. The molecule has 0 bridgehead atoms. The monoisotopic (exact) mass is 352 g/mol. The normalized spacial score (nSPS) is 8.92. The van der Waals surface area contributed by atoms with Crippen molar-refractivity contribution in [2.24, 2.45) is 0 Å². The van der Waals surface area contributed by atoms with Gasteiger partial charge in [-0.3, -0.25) is 4.98 Å². The molecule has 0 amide bonds. The number of hydrogen-bond acceptors (Lipinski definition) is 1. The molecule has 1 radical (unpaired) electrons. The predicted octanol–water partition coefficient (Wildman–Crippen LogP) is 2.75. The van der Waals surface area contributed by atoms with E-state index in [1.807, 2.05) is 42.6 Å². The number of rotatable bonds is 1. The molecule has 0 unspecified atom stereocenters. The van der Waals surface area contributed by atoms with Crippen LogP contribution in [0, 0.1) is 0 Å². The SMILES string of the molecule is [Au].c1ccc(-c2ccccn2)cc1. The fourth-order valence-corrected chi connectivity index (χ4v) is 1.14. The van der Waals surface area contributed by atoms with E-state index in [1.165, 1.54) is 0 Å². The molecule has 13 heavy (non-hydrogen) atoms. The molecule has 69 valence electrons. The van der Waals surface area contributed by atoms with E-state index in [-0.39, 0.29) is 22.4 Å². The molecule has 0 atom stereocenters. The van der Waals surface area contributed by atoms with E-state index in [1.54, 1.807) is 0 Å². The zero-order chi connectivity index (χ0) is 8.23. The predicted molar refractivity (Wildman–Crippen MR) is 49.7 cm³/mol. The summed E-state index contributed by atoms with van der Waals surface area (Å²) in [5, 5.41) is 0. The molecule has 2 rings (SSSR count). The van der Waals surface area contributed by atoms with Gasteiger partial charge < -0.3 is 0 Å². The first-order valence-corrected chi connectivity index (χ1v) is 3.93. The average molecular weight is 352 g/mol. The van der Waals surface area contributed by atoms with E-state index < -0.39 is 0 Å². The Balaban J connectivity index is 0.000000845. The van der Waals surface area contributed by atoms with Crippen LogP contribution in [-0.4, -0.2) is 4.98 Å². The van der Waals surface area contributed by atoms with Crippen LogP contribution < -0.4 is 0 Å². The molecule has 0 spiro atoms. The summed E-state index contributed by atoms with van der Waals surface area (Å²) >= 11 is 0. The minimum atomic E-state index is 0. The zero-order valence-electron chi connectivity index (χ0n) is 6.94. The van der Waals surface area contributed by atoms with Crippen LogP contribution in [0.5, 0.6) is 0 Å². The molecule has 0 saturated heterocycles. The number of aromatic nitrogens is 1. The minimum absolute atomic E-state index is 0. The Morgan fingerprint density at radius 1 is 0.769 bits per heavy atom. The molecule has 0 aliphatic rings. The van der Waals surface area contributed by atoms with Crippen LogP contribution in [-0.2, 0) is 22.4 Å². The zero-order valence-corrected chi connectivity index (χ0v) is 9.11. The third kappa shape index (κ3) is 2.52. The van der Waals surface area contributed by atoms with Crippen molar-refractivity contribution in [2.45, 2.75) is 0 Å². The van der Waals surface area contributed by atoms with E-state index in [9.17, 15) is 0 Å². The molecular formula is C11H9AuN. The van der Waals surface area contributed by atoms with Crippen LogP contribution >= 0.6 is 0 Å². The van der Waals surface area contributed by atoms with Crippen molar-refractivity contribution in [1.82, 2.24) is 4.98 Å². The molecule has 1 aromatic heterocycles. The van der Waals surface area contributed by atoms with Crippen molar-refractivity contribution in [3.8, 4) is 11.3 Å². The van der Waals surface area contributed by atoms with Crippen molar-refractivity contribution < 1.29 is 22.4 Å². The third-order valence-corrected chi connectivity index (χ3v) is 1.73. The summed E-state index contributed by atoms with van der Waals surface area (Å²) in [6.45, 7) is 0. The topological polar surface area (TPSA) is 12.9 Å². The van der Waals surface area contributed by atoms with Crippen molar-refractivity contribution in [3.05, 3.63) is 54.7 Å². The standard InChI is InChI=1S/C11H9N.Au/c1-2-6-10(7-3-1)11-8-4-5-9-12-11;/h1-9H;. The molecule has 0 aliphatic carbocycles. The van der Waals surface area contributed by atoms with Crippen LogP contribution in [0.4, 0.5) is 0 Å². The smallest absolute Gasteiger partial charge is 0.0701 e. The average Bonchev–Trinajstić information content (AvgIpc) is 2.21. The summed E-state index contributed by atoms with van der Waals surface area (Å²) < 4.78 is 0. The van der Waals surface area contributed by atoms with E-state index in [4.69, 9.17) is 0 Å². The van der Waals surface area contributed by atoms with E-state index in [0.29, 0.717) is 0 Å². The van der Waals surface area contributed by atoms with Gasteiger partial charge >= 0.3 is 0 Å². The molecule has 0 N–H and O–H groups in total. The second kappa shape index (κ2) is 4.97. The molecule has 1 aromatic carbocycles. The van der Waals surface area contributed by atoms with Crippen LogP contribution in [0.15, 0.2) is 54.7 Å². The molecule has 0 aliphatic heterocycles. The first-order valence-electron chi connectivity index (χ1n) is 3.93. The van der Waals surface area contributed by atoms with Crippen LogP contribution in [0.2, 0.25) is 0 Å². The van der Waals surface area contributed by atoms with Gasteiger partial charge in [-0.15, -0.1) is 0 Å². The third-order valence-electron chi connectivity index (χ3n) is 1.73. The van der Waals surface area contributed by atoms with E-state index in [0.717, 1.165) is 11.3 Å². The quantitative estimate of drug-likeness (QED) is 0.720. The Bertz CT molecular complexity index is 307. The number of benzene rings is 1. The summed E-state index contributed by atoms with van der Waals surface area (Å²) in [4.78, 5) is 4.25. The van der Waals surface area contributed by atoms with Gasteiger partial charge in [0.2, 0.25) is 0 Å².